The second-order valence-corrected chi connectivity index (χ2v) is 7.18. The number of pyridine rings is 1. The van der Waals surface area contributed by atoms with E-state index in [4.69, 9.17) is 4.74 Å². The van der Waals surface area contributed by atoms with E-state index in [0.717, 1.165) is 30.7 Å². The molecule has 7 nitrogen and oxygen atoms in total. The van der Waals surface area contributed by atoms with Gasteiger partial charge in [0, 0.05) is 18.9 Å². The van der Waals surface area contributed by atoms with Gasteiger partial charge >= 0.3 is 5.69 Å². The SMILES string of the molecule is O=[N+]([O-])c1cccnc1Sc1ncc(-c2ccccc2)n1C[C@H]1CCCO1. The van der Waals surface area contributed by atoms with Crippen LogP contribution in [-0.4, -0.2) is 32.2 Å². The summed E-state index contributed by atoms with van der Waals surface area (Å²) in [4.78, 5) is 19.6. The molecule has 1 saturated heterocycles. The van der Waals surface area contributed by atoms with E-state index in [0.29, 0.717) is 16.7 Å². The first kappa shape index (κ1) is 17.7. The van der Waals surface area contributed by atoms with E-state index in [9.17, 15) is 10.1 Å². The number of ether oxygens (including phenoxy) is 1. The Morgan fingerprint density at radius 3 is 2.81 bits per heavy atom. The number of nitrogens with zero attached hydrogens (tertiary/aromatic N) is 4. The molecule has 0 saturated carbocycles. The molecule has 3 aromatic rings. The molecule has 0 amide bonds. The van der Waals surface area contributed by atoms with Gasteiger partial charge in [-0.3, -0.25) is 10.1 Å². The van der Waals surface area contributed by atoms with E-state index in [1.165, 1.54) is 17.8 Å². The van der Waals surface area contributed by atoms with Crippen LogP contribution in [0.5, 0.6) is 0 Å². The third-order valence-electron chi connectivity index (χ3n) is 4.43. The maximum Gasteiger partial charge on any atom is 0.301 e. The van der Waals surface area contributed by atoms with E-state index in [-0.39, 0.29) is 11.8 Å². The standard InChI is InChI=1S/C19H18N4O3S/c24-23(25)16-9-4-10-20-18(16)27-19-21-12-17(14-6-2-1-3-7-14)22(19)13-15-8-5-11-26-15/h1-4,6-7,9-10,12,15H,5,8,11,13H2/t15-/m1/s1. The van der Waals surface area contributed by atoms with Gasteiger partial charge in [0.1, 0.15) is 0 Å². The van der Waals surface area contributed by atoms with Gasteiger partial charge in [0.2, 0.25) is 0 Å². The largest absolute Gasteiger partial charge is 0.376 e. The molecule has 3 heterocycles. The van der Waals surface area contributed by atoms with Crippen molar-refractivity contribution >= 4 is 17.4 Å². The monoisotopic (exact) mass is 382 g/mol. The molecule has 4 rings (SSSR count). The van der Waals surface area contributed by atoms with Gasteiger partial charge in [-0.15, -0.1) is 0 Å². The van der Waals surface area contributed by atoms with Crippen LogP contribution in [0.25, 0.3) is 11.3 Å². The van der Waals surface area contributed by atoms with Crippen molar-refractivity contribution in [3.8, 4) is 11.3 Å². The topological polar surface area (TPSA) is 83.1 Å². The lowest BCUT2D eigenvalue weighted by Crippen LogP contribution is -2.16. The minimum absolute atomic E-state index is 0.0181. The number of rotatable bonds is 6. The van der Waals surface area contributed by atoms with Crippen molar-refractivity contribution in [2.75, 3.05) is 6.61 Å². The fourth-order valence-corrected chi connectivity index (χ4v) is 4.06. The maximum absolute atomic E-state index is 11.3. The van der Waals surface area contributed by atoms with Crippen molar-refractivity contribution < 1.29 is 9.66 Å². The van der Waals surface area contributed by atoms with Crippen LogP contribution in [0.4, 0.5) is 5.69 Å². The lowest BCUT2D eigenvalue weighted by molar-refractivity contribution is -0.388. The lowest BCUT2D eigenvalue weighted by Gasteiger charge is -2.16. The average Bonchev–Trinajstić information content (AvgIpc) is 3.34. The number of benzene rings is 1. The van der Waals surface area contributed by atoms with E-state index in [2.05, 4.69) is 14.5 Å². The zero-order valence-corrected chi connectivity index (χ0v) is 15.3. The zero-order valence-electron chi connectivity index (χ0n) is 14.5. The van der Waals surface area contributed by atoms with Crippen molar-refractivity contribution in [3.63, 3.8) is 0 Å². The van der Waals surface area contributed by atoms with E-state index < -0.39 is 4.92 Å². The summed E-state index contributed by atoms with van der Waals surface area (Å²) in [6.45, 7) is 1.43. The fourth-order valence-electron chi connectivity index (χ4n) is 3.13. The molecule has 0 radical (unpaired) electrons. The number of aromatic nitrogens is 3. The molecule has 0 unspecified atom stereocenters. The van der Waals surface area contributed by atoms with Gasteiger partial charge in [-0.05, 0) is 36.2 Å². The molecule has 1 aliphatic rings. The van der Waals surface area contributed by atoms with Gasteiger partial charge in [0.15, 0.2) is 10.2 Å². The van der Waals surface area contributed by atoms with E-state index in [1.807, 2.05) is 30.3 Å². The molecule has 0 N–H and O–H groups in total. The minimum Gasteiger partial charge on any atom is -0.376 e. The summed E-state index contributed by atoms with van der Waals surface area (Å²) in [7, 11) is 0. The van der Waals surface area contributed by atoms with Crippen LogP contribution in [0.2, 0.25) is 0 Å². The predicted octanol–water partition coefficient (Wildman–Crippen LogP) is 4.18. The first-order valence-corrected chi connectivity index (χ1v) is 9.54. The lowest BCUT2D eigenvalue weighted by atomic mass is 10.1. The summed E-state index contributed by atoms with van der Waals surface area (Å²) < 4.78 is 7.88. The highest BCUT2D eigenvalue weighted by Crippen LogP contribution is 2.35. The Bertz CT molecular complexity index is 939. The van der Waals surface area contributed by atoms with Crippen LogP contribution < -0.4 is 0 Å². The van der Waals surface area contributed by atoms with E-state index in [1.54, 1.807) is 18.5 Å². The van der Waals surface area contributed by atoms with Crippen molar-refractivity contribution in [2.45, 2.75) is 35.7 Å². The summed E-state index contributed by atoms with van der Waals surface area (Å²) >= 11 is 1.21. The zero-order chi connectivity index (χ0) is 18.6. The first-order chi connectivity index (χ1) is 13.2. The molecule has 1 aliphatic heterocycles. The summed E-state index contributed by atoms with van der Waals surface area (Å²) in [5.41, 5.74) is 1.99. The third-order valence-corrected chi connectivity index (χ3v) is 5.45. The number of hydrogen-bond donors (Lipinski definition) is 0. The van der Waals surface area contributed by atoms with Crippen molar-refractivity contribution in [1.82, 2.24) is 14.5 Å². The highest BCUT2D eigenvalue weighted by Gasteiger charge is 2.23. The van der Waals surface area contributed by atoms with Crippen LogP contribution in [0.3, 0.4) is 0 Å². The maximum atomic E-state index is 11.3. The van der Waals surface area contributed by atoms with Gasteiger partial charge in [0.25, 0.3) is 0 Å². The van der Waals surface area contributed by atoms with Crippen LogP contribution in [0, 0.1) is 10.1 Å². The highest BCUT2D eigenvalue weighted by atomic mass is 32.2. The summed E-state index contributed by atoms with van der Waals surface area (Å²) in [6.07, 6.45) is 5.54. The Morgan fingerprint density at radius 1 is 1.22 bits per heavy atom. The second kappa shape index (κ2) is 7.89. The summed E-state index contributed by atoms with van der Waals surface area (Å²) in [5, 5.41) is 12.3. The van der Waals surface area contributed by atoms with Gasteiger partial charge in [0.05, 0.1) is 29.5 Å². The van der Waals surface area contributed by atoms with Gasteiger partial charge in [-0.1, -0.05) is 30.3 Å². The number of hydrogen-bond acceptors (Lipinski definition) is 6. The summed E-state index contributed by atoms with van der Waals surface area (Å²) in [6, 6.07) is 13.0. The van der Waals surface area contributed by atoms with Crippen molar-refractivity contribution in [3.05, 3.63) is 65.0 Å². The Kier molecular flexibility index (Phi) is 5.17. The van der Waals surface area contributed by atoms with Crippen molar-refractivity contribution in [1.29, 1.82) is 0 Å². The van der Waals surface area contributed by atoms with Gasteiger partial charge in [-0.25, -0.2) is 9.97 Å². The molecule has 0 aliphatic carbocycles. The predicted molar refractivity (Wildman–Crippen MR) is 102 cm³/mol. The van der Waals surface area contributed by atoms with Crippen LogP contribution in [-0.2, 0) is 11.3 Å². The molecule has 138 valence electrons. The molecule has 1 aromatic carbocycles. The molecule has 8 heteroatoms. The first-order valence-electron chi connectivity index (χ1n) is 8.72. The normalized spacial score (nSPS) is 16.5. The Balaban J connectivity index is 1.72. The van der Waals surface area contributed by atoms with Crippen LogP contribution >= 0.6 is 11.8 Å². The highest BCUT2D eigenvalue weighted by molar-refractivity contribution is 7.99. The molecule has 2 aromatic heterocycles. The number of imidazole rings is 1. The quantitative estimate of drug-likeness (QED) is 0.470. The molecule has 27 heavy (non-hydrogen) atoms. The van der Waals surface area contributed by atoms with Gasteiger partial charge in [-0.2, -0.15) is 0 Å². The van der Waals surface area contributed by atoms with E-state index >= 15 is 0 Å². The molecular weight excluding hydrogens is 364 g/mol. The van der Waals surface area contributed by atoms with Gasteiger partial charge < -0.3 is 9.30 Å². The van der Waals surface area contributed by atoms with Crippen molar-refractivity contribution in [2.24, 2.45) is 0 Å². The Morgan fingerprint density at radius 2 is 2.07 bits per heavy atom. The summed E-state index contributed by atoms with van der Waals surface area (Å²) in [5.74, 6) is 0. The van der Waals surface area contributed by atoms with Crippen LogP contribution in [0.1, 0.15) is 12.8 Å². The second-order valence-electron chi connectivity index (χ2n) is 6.22. The minimum atomic E-state index is -0.416. The number of nitro groups is 1. The fraction of sp³-hybridized carbons (Fsp3) is 0.263. The molecule has 1 fully saturated rings. The third kappa shape index (κ3) is 3.86. The molecular formula is C19H18N4O3S. The Labute approximate surface area is 160 Å². The smallest absolute Gasteiger partial charge is 0.301 e. The Hall–Kier alpha value is -2.71. The molecule has 0 spiro atoms. The average molecular weight is 382 g/mol. The van der Waals surface area contributed by atoms with Crippen LogP contribution in [0.15, 0.2) is 65.0 Å². The molecule has 1 atom stereocenters. The molecule has 0 bridgehead atoms.